The number of carbonyl (C=O) groups excluding carboxylic acids is 2. The first-order chi connectivity index (χ1) is 15.1. The largest absolute Gasteiger partial charge is 0.269 e. The third kappa shape index (κ3) is 7.57. The zero-order valence-electron chi connectivity index (χ0n) is 17.2. The number of anilines is 1. The molecule has 0 saturated heterocycles. The van der Waals surface area contributed by atoms with E-state index in [1.54, 1.807) is 24.3 Å². The molecule has 3 nitrogen and oxygen atoms in total. The lowest BCUT2D eigenvalue weighted by atomic mass is 10.1. The third-order valence-corrected chi connectivity index (χ3v) is 4.54. The molecule has 31 heavy (non-hydrogen) atoms. The van der Waals surface area contributed by atoms with Gasteiger partial charge in [0.2, 0.25) is 0 Å². The minimum atomic E-state index is -0.281. The summed E-state index contributed by atoms with van der Waals surface area (Å²) >= 11 is 5.60. The lowest BCUT2D eigenvalue weighted by Crippen LogP contribution is -2.29. The average molecular weight is 430 g/mol. The Morgan fingerprint density at radius 2 is 1.13 bits per heavy atom. The van der Waals surface area contributed by atoms with Crippen molar-refractivity contribution >= 4 is 41.3 Å². The molecule has 2 amide bonds. The number of hydrogen-bond donors (Lipinski definition) is 0. The van der Waals surface area contributed by atoms with Crippen LogP contribution in [0.4, 0.5) is 5.69 Å². The molecule has 1 aliphatic heterocycles. The minimum absolute atomic E-state index is 0.281. The molecule has 0 bridgehead atoms. The molecule has 0 radical (unpaired) electrons. The Morgan fingerprint density at radius 3 is 1.55 bits per heavy atom. The van der Waals surface area contributed by atoms with E-state index < -0.39 is 0 Å². The Morgan fingerprint density at radius 1 is 0.677 bits per heavy atom. The number of nitrogens with zero attached hydrogens (tertiary/aromatic N) is 1. The second-order valence-electron chi connectivity index (χ2n) is 6.37. The Bertz CT molecular complexity index is 1010. The summed E-state index contributed by atoms with van der Waals surface area (Å²) in [6, 6.07) is 26.9. The summed E-state index contributed by atoms with van der Waals surface area (Å²) < 4.78 is 0. The van der Waals surface area contributed by atoms with E-state index >= 15 is 0 Å². The van der Waals surface area contributed by atoms with Crippen LogP contribution in [0.3, 0.4) is 0 Å². The van der Waals surface area contributed by atoms with Crippen molar-refractivity contribution in [3.63, 3.8) is 0 Å². The molecule has 0 fully saturated rings. The number of rotatable bonds is 4. The first-order valence-corrected chi connectivity index (χ1v) is 10.2. The average Bonchev–Trinajstić information content (AvgIpc) is 3.18. The summed E-state index contributed by atoms with van der Waals surface area (Å²) in [5.74, 6) is 0.0182. The summed E-state index contributed by atoms with van der Waals surface area (Å²) in [5.41, 5.74) is 4.07. The monoisotopic (exact) mass is 429 g/mol. The molecule has 0 aromatic heterocycles. The maximum atomic E-state index is 11.2. The van der Waals surface area contributed by atoms with Gasteiger partial charge < -0.3 is 0 Å². The molecule has 1 aliphatic rings. The van der Waals surface area contributed by atoms with E-state index in [-0.39, 0.29) is 11.8 Å². The quantitative estimate of drug-likeness (QED) is 0.350. The van der Waals surface area contributed by atoms with Crippen LogP contribution in [0.25, 0.3) is 12.2 Å². The number of hydrogen-bond acceptors (Lipinski definition) is 2. The molecule has 0 N–H and O–H groups in total. The van der Waals surface area contributed by atoms with Gasteiger partial charge in [-0.3, -0.25) is 9.59 Å². The molecular weight excluding hydrogens is 406 g/mol. The number of carbonyl (C=O) groups is 2. The van der Waals surface area contributed by atoms with Gasteiger partial charge in [-0.05, 0) is 28.8 Å². The van der Waals surface area contributed by atoms with Crippen LogP contribution in [-0.2, 0) is 15.5 Å². The standard InChI is InChI=1S/C10H7NO2.C9H9Cl.C8H8/c12-9-6-7-10(13)11(9)8-4-2-1-3-5-8;1-2-8-3-5-9(7-10)6-4-8;1-2-8-6-4-3-5-7-8/h1-7H;2-6H,1,7H2;2-7H,1H2. The molecule has 3 aromatic carbocycles. The van der Waals surface area contributed by atoms with Crippen LogP contribution in [-0.4, -0.2) is 11.8 Å². The summed E-state index contributed by atoms with van der Waals surface area (Å²) in [6.07, 6.45) is 6.20. The van der Waals surface area contributed by atoms with E-state index in [0.29, 0.717) is 11.6 Å². The van der Waals surface area contributed by atoms with Crippen molar-refractivity contribution in [2.45, 2.75) is 5.88 Å². The molecule has 156 valence electrons. The zero-order chi connectivity index (χ0) is 22.5. The SMILES string of the molecule is C=Cc1ccc(CCl)cc1.C=Cc1ccccc1.O=C1C=CC(=O)N1c1ccccc1. The van der Waals surface area contributed by atoms with Crippen LogP contribution >= 0.6 is 11.6 Å². The molecule has 0 saturated carbocycles. The molecule has 4 heteroatoms. The van der Waals surface area contributed by atoms with Gasteiger partial charge in [-0.15, -0.1) is 11.6 Å². The van der Waals surface area contributed by atoms with E-state index in [1.807, 2.05) is 72.8 Å². The number of benzene rings is 3. The predicted octanol–water partition coefficient (Wildman–Crippen LogP) is 6.51. The molecule has 4 rings (SSSR count). The fourth-order valence-electron chi connectivity index (χ4n) is 2.56. The van der Waals surface area contributed by atoms with Gasteiger partial charge in [-0.25, -0.2) is 4.90 Å². The summed E-state index contributed by atoms with van der Waals surface area (Å²) in [5, 5.41) is 0. The van der Waals surface area contributed by atoms with Crippen LogP contribution in [0, 0.1) is 0 Å². The van der Waals surface area contributed by atoms with Crippen molar-refractivity contribution < 1.29 is 9.59 Å². The highest BCUT2D eigenvalue weighted by Gasteiger charge is 2.24. The van der Waals surface area contributed by atoms with Crippen molar-refractivity contribution in [1.29, 1.82) is 0 Å². The van der Waals surface area contributed by atoms with Crippen molar-refractivity contribution in [2.24, 2.45) is 0 Å². The highest BCUT2D eigenvalue weighted by atomic mass is 35.5. The number of halogens is 1. The topological polar surface area (TPSA) is 37.4 Å². The van der Waals surface area contributed by atoms with Gasteiger partial charge in [0.25, 0.3) is 11.8 Å². The van der Waals surface area contributed by atoms with Crippen LogP contribution in [0.1, 0.15) is 16.7 Å². The third-order valence-electron chi connectivity index (χ3n) is 4.23. The first kappa shape index (κ1) is 23.6. The maximum Gasteiger partial charge on any atom is 0.258 e. The summed E-state index contributed by atoms with van der Waals surface area (Å²) in [4.78, 5) is 23.5. The number of amides is 2. The highest BCUT2D eigenvalue weighted by Crippen LogP contribution is 2.17. The van der Waals surface area contributed by atoms with Crippen LogP contribution < -0.4 is 4.90 Å². The highest BCUT2D eigenvalue weighted by molar-refractivity contribution is 6.28. The molecule has 0 unspecified atom stereocenters. The van der Waals surface area contributed by atoms with Gasteiger partial charge in [0, 0.05) is 18.0 Å². The second kappa shape index (κ2) is 12.8. The van der Waals surface area contributed by atoms with Gasteiger partial charge in [0.05, 0.1) is 5.69 Å². The fourth-order valence-corrected chi connectivity index (χ4v) is 2.74. The van der Waals surface area contributed by atoms with Crippen LogP contribution in [0.5, 0.6) is 0 Å². The summed E-state index contributed by atoms with van der Waals surface area (Å²) in [6.45, 7) is 7.28. The molecule has 3 aromatic rings. The first-order valence-electron chi connectivity index (χ1n) is 9.65. The molecule has 0 atom stereocenters. The van der Waals surface area contributed by atoms with E-state index in [9.17, 15) is 9.59 Å². The van der Waals surface area contributed by atoms with Gasteiger partial charge in [-0.2, -0.15) is 0 Å². The van der Waals surface area contributed by atoms with Gasteiger partial charge in [0.1, 0.15) is 0 Å². The Labute approximate surface area is 188 Å². The van der Waals surface area contributed by atoms with E-state index in [2.05, 4.69) is 13.2 Å². The van der Waals surface area contributed by atoms with E-state index in [4.69, 9.17) is 11.6 Å². The molecule has 1 heterocycles. The Balaban J connectivity index is 0.000000171. The van der Waals surface area contributed by atoms with Crippen LogP contribution in [0.15, 0.2) is 110 Å². The molecule has 0 aliphatic carbocycles. The van der Waals surface area contributed by atoms with Gasteiger partial charge in [0.15, 0.2) is 0 Å². The minimum Gasteiger partial charge on any atom is -0.269 e. The van der Waals surface area contributed by atoms with Crippen molar-refractivity contribution in [3.8, 4) is 0 Å². The zero-order valence-corrected chi connectivity index (χ0v) is 17.9. The number of alkyl halides is 1. The van der Waals surface area contributed by atoms with Gasteiger partial charge in [-0.1, -0.05) is 98.1 Å². The van der Waals surface area contributed by atoms with E-state index in [1.165, 1.54) is 17.7 Å². The lowest BCUT2D eigenvalue weighted by molar-refractivity contribution is -0.119. The Kier molecular flexibility index (Phi) is 9.73. The van der Waals surface area contributed by atoms with Crippen molar-refractivity contribution in [2.75, 3.05) is 4.90 Å². The molecular formula is C27H24ClNO2. The van der Waals surface area contributed by atoms with Crippen LogP contribution in [0.2, 0.25) is 0 Å². The van der Waals surface area contributed by atoms with E-state index in [0.717, 1.165) is 16.0 Å². The Hall–Kier alpha value is -3.69. The summed E-state index contributed by atoms with van der Waals surface area (Å²) in [7, 11) is 0. The normalized spacial score (nSPS) is 11.7. The second-order valence-corrected chi connectivity index (χ2v) is 6.64. The smallest absolute Gasteiger partial charge is 0.258 e. The lowest BCUT2D eigenvalue weighted by Gasteiger charge is -2.12. The predicted molar refractivity (Wildman–Crippen MR) is 131 cm³/mol. The fraction of sp³-hybridized carbons (Fsp3) is 0.0370. The van der Waals surface area contributed by atoms with Crippen molar-refractivity contribution in [3.05, 3.63) is 127 Å². The molecule has 0 spiro atoms. The number of imide groups is 1. The number of para-hydroxylation sites is 1. The maximum absolute atomic E-state index is 11.2. The van der Waals surface area contributed by atoms with Gasteiger partial charge >= 0.3 is 0 Å². The van der Waals surface area contributed by atoms with Crippen molar-refractivity contribution in [1.82, 2.24) is 0 Å².